The molecule has 4 heteroatoms. The Kier molecular flexibility index (Phi) is 7.77. The first-order valence-corrected chi connectivity index (χ1v) is 18.7. The highest BCUT2D eigenvalue weighted by Crippen LogP contribution is 2.50. The van der Waals surface area contributed by atoms with E-state index < -0.39 is 0 Å². The van der Waals surface area contributed by atoms with Crippen LogP contribution in [0.15, 0.2) is 182 Å². The highest BCUT2D eigenvalue weighted by molar-refractivity contribution is 6.01. The zero-order valence-corrected chi connectivity index (χ0v) is 30.6. The molecule has 0 amide bonds. The summed E-state index contributed by atoms with van der Waals surface area (Å²) in [7, 11) is 0. The molecule has 1 aliphatic carbocycles. The molecule has 10 rings (SSSR count). The van der Waals surface area contributed by atoms with E-state index in [1.54, 1.807) is 0 Å². The molecule has 55 heavy (non-hydrogen) atoms. The molecule has 0 saturated heterocycles. The van der Waals surface area contributed by atoms with Crippen LogP contribution in [0.2, 0.25) is 0 Å². The van der Waals surface area contributed by atoms with Gasteiger partial charge in [-0.15, -0.1) is 0 Å². The summed E-state index contributed by atoms with van der Waals surface area (Å²) in [6, 6.07) is 63.8. The summed E-state index contributed by atoms with van der Waals surface area (Å²) in [4.78, 5) is 20.2. The average molecular weight is 705 g/mol. The average Bonchev–Trinajstić information content (AvgIpc) is 3.48. The number of benzene rings is 7. The fourth-order valence-electron chi connectivity index (χ4n) is 8.06. The fraction of sp³-hybridized carbons (Fsp3) is 0.0588. The topological polar surface area (TPSA) is 51.6 Å². The molecule has 0 bridgehead atoms. The van der Waals surface area contributed by atoms with Gasteiger partial charge in [0.25, 0.3) is 0 Å². The van der Waals surface area contributed by atoms with Crippen LogP contribution in [0.25, 0.3) is 89.7 Å². The number of aromatic nitrogens is 4. The van der Waals surface area contributed by atoms with E-state index in [0.29, 0.717) is 17.5 Å². The second-order valence-corrected chi connectivity index (χ2v) is 14.7. The normalized spacial score (nSPS) is 12.7. The second-order valence-electron chi connectivity index (χ2n) is 14.7. The molecule has 9 aromatic rings. The standard InChI is InChI=1S/C51H36N4/c1-51(2)44-27-13-12-26-40(44)42-30-43-41(33-16-6-3-7-17-33)31-46(52-47(43)32-45(42)51)38-24-14-22-36(28-38)37-23-15-25-39(29-37)50-54-48(34-18-8-4-9-19-34)53-49(55-50)35-20-10-5-11-21-35/h3-32H,1-2H3. The maximum absolute atomic E-state index is 5.39. The molecule has 0 spiro atoms. The van der Waals surface area contributed by atoms with Crippen molar-refractivity contribution in [3.63, 3.8) is 0 Å². The van der Waals surface area contributed by atoms with Crippen molar-refractivity contribution in [2.24, 2.45) is 0 Å². The molecule has 0 unspecified atom stereocenters. The lowest BCUT2D eigenvalue weighted by Gasteiger charge is -2.22. The summed E-state index contributed by atoms with van der Waals surface area (Å²) < 4.78 is 0. The van der Waals surface area contributed by atoms with Gasteiger partial charge >= 0.3 is 0 Å². The third-order valence-corrected chi connectivity index (χ3v) is 10.9. The van der Waals surface area contributed by atoms with Crippen molar-refractivity contribution in [3.05, 3.63) is 193 Å². The largest absolute Gasteiger partial charge is 0.248 e. The first-order valence-electron chi connectivity index (χ1n) is 18.7. The fourth-order valence-corrected chi connectivity index (χ4v) is 8.06. The maximum Gasteiger partial charge on any atom is 0.164 e. The SMILES string of the molecule is CC1(C)c2ccccc2-c2cc3c(-c4ccccc4)cc(-c4cccc(-c5cccc(-c6nc(-c7ccccc7)nc(-c7ccccc7)n6)c5)c4)nc3cc21. The van der Waals surface area contributed by atoms with Gasteiger partial charge in [-0.2, -0.15) is 0 Å². The molecule has 1 aliphatic rings. The molecule has 0 fully saturated rings. The predicted octanol–water partition coefficient (Wildman–Crippen LogP) is 12.7. The van der Waals surface area contributed by atoms with Crippen LogP contribution >= 0.6 is 0 Å². The van der Waals surface area contributed by atoms with Gasteiger partial charge in [0, 0.05) is 33.1 Å². The van der Waals surface area contributed by atoms with Crippen molar-refractivity contribution >= 4 is 10.9 Å². The highest BCUT2D eigenvalue weighted by Gasteiger charge is 2.35. The van der Waals surface area contributed by atoms with Crippen molar-refractivity contribution < 1.29 is 0 Å². The van der Waals surface area contributed by atoms with Crippen molar-refractivity contribution in [2.75, 3.05) is 0 Å². The van der Waals surface area contributed by atoms with Crippen LogP contribution < -0.4 is 0 Å². The lowest BCUT2D eigenvalue weighted by Crippen LogP contribution is -2.14. The van der Waals surface area contributed by atoms with Gasteiger partial charge in [-0.05, 0) is 74.8 Å². The third kappa shape index (κ3) is 5.80. The number of pyridine rings is 1. The highest BCUT2D eigenvalue weighted by atomic mass is 15.0. The monoisotopic (exact) mass is 704 g/mol. The first kappa shape index (κ1) is 32.6. The molecule has 0 radical (unpaired) electrons. The van der Waals surface area contributed by atoms with Crippen LogP contribution in [-0.4, -0.2) is 19.9 Å². The number of fused-ring (bicyclic) bond motifs is 4. The zero-order chi connectivity index (χ0) is 36.9. The van der Waals surface area contributed by atoms with Gasteiger partial charge in [-0.25, -0.2) is 19.9 Å². The van der Waals surface area contributed by atoms with Gasteiger partial charge in [-0.3, -0.25) is 0 Å². The molecule has 2 aromatic heterocycles. The summed E-state index contributed by atoms with van der Waals surface area (Å²) in [5.41, 5.74) is 15.5. The van der Waals surface area contributed by atoms with Crippen LogP contribution in [-0.2, 0) is 5.41 Å². The van der Waals surface area contributed by atoms with E-state index in [9.17, 15) is 0 Å². The minimum Gasteiger partial charge on any atom is -0.248 e. The van der Waals surface area contributed by atoms with Crippen molar-refractivity contribution in [1.82, 2.24) is 19.9 Å². The predicted molar refractivity (Wildman–Crippen MR) is 225 cm³/mol. The Balaban J connectivity index is 1.09. The van der Waals surface area contributed by atoms with Crippen molar-refractivity contribution in [3.8, 4) is 78.8 Å². The summed E-state index contributed by atoms with van der Waals surface area (Å²) >= 11 is 0. The third-order valence-electron chi connectivity index (χ3n) is 10.9. The molecule has 7 aromatic carbocycles. The van der Waals surface area contributed by atoms with Crippen LogP contribution in [0.3, 0.4) is 0 Å². The van der Waals surface area contributed by atoms with E-state index in [2.05, 4.69) is 135 Å². The Morgan fingerprint density at radius 2 is 0.818 bits per heavy atom. The lowest BCUT2D eigenvalue weighted by atomic mass is 9.82. The van der Waals surface area contributed by atoms with Crippen molar-refractivity contribution in [1.29, 1.82) is 0 Å². The number of nitrogens with zero attached hydrogens (tertiary/aromatic N) is 4. The van der Waals surface area contributed by atoms with E-state index in [1.165, 1.54) is 33.4 Å². The smallest absolute Gasteiger partial charge is 0.164 e. The minimum atomic E-state index is -0.113. The van der Waals surface area contributed by atoms with Crippen LogP contribution in [0.5, 0.6) is 0 Å². The van der Waals surface area contributed by atoms with Crippen LogP contribution in [0.4, 0.5) is 0 Å². The summed E-state index contributed by atoms with van der Waals surface area (Å²) in [5, 5.41) is 1.16. The van der Waals surface area contributed by atoms with Crippen LogP contribution in [0.1, 0.15) is 25.0 Å². The number of hydrogen-bond acceptors (Lipinski definition) is 4. The Labute approximate surface area is 320 Å². The molecule has 260 valence electrons. The van der Waals surface area contributed by atoms with Gasteiger partial charge in [0.1, 0.15) is 0 Å². The molecule has 0 N–H and O–H groups in total. The molecule has 2 heterocycles. The van der Waals surface area contributed by atoms with Gasteiger partial charge < -0.3 is 0 Å². The molecule has 4 nitrogen and oxygen atoms in total. The quantitative estimate of drug-likeness (QED) is 0.173. The zero-order valence-electron chi connectivity index (χ0n) is 30.6. The number of rotatable bonds is 6. The second kappa shape index (κ2) is 13.1. The van der Waals surface area contributed by atoms with Gasteiger partial charge in [-0.1, -0.05) is 166 Å². The Morgan fingerprint density at radius 3 is 1.45 bits per heavy atom. The molecule has 0 aliphatic heterocycles. The lowest BCUT2D eigenvalue weighted by molar-refractivity contribution is 0.661. The van der Waals surface area contributed by atoms with E-state index in [0.717, 1.165) is 50.0 Å². The molecular formula is C51H36N4. The first-order chi connectivity index (χ1) is 27.0. The Bertz CT molecular complexity index is 2820. The summed E-state index contributed by atoms with van der Waals surface area (Å²) in [6.45, 7) is 4.65. The van der Waals surface area contributed by atoms with E-state index >= 15 is 0 Å². The van der Waals surface area contributed by atoms with Crippen molar-refractivity contribution in [2.45, 2.75) is 19.3 Å². The minimum absolute atomic E-state index is 0.113. The van der Waals surface area contributed by atoms with Gasteiger partial charge in [0.2, 0.25) is 0 Å². The summed E-state index contributed by atoms with van der Waals surface area (Å²) in [5.74, 6) is 1.92. The van der Waals surface area contributed by atoms with E-state index in [4.69, 9.17) is 19.9 Å². The number of hydrogen-bond donors (Lipinski definition) is 0. The summed E-state index contributed by atoms with van der Waals surface area (Å²) in [6.07, 6.45) is 0. The molecule has 0 atom stereocenters. The maximum atomic E-state index is 5.39. The molecular weight excluding hydrogens is 669 g/mol. The Hall–Kier alpha value is -7.04. The molecule has 0 saturated carbocycles. The van der Waals surface area contributed by atoms with Gasteiger partial charge in [0.15, 0.2) is 17.5 Å². The Morgan fingerprint density at radius 1 is 0.327 bits per heavy atom. The van der Waals surface area contributed by atoms with E-state index in [1.807, 2.05) is 60.7 Å². The van der Waals surface area contributed by atoms with Gasteiger partial charge in [0.05, 0.1) is 11.2 Å². The van der Waals surface area contributed by atoms with E-state index in [-0.39, 0.29) is 5.41 Å². The van der Waals surface area contributed by atoms with Crippen LogP contribution in [0, 0.1) is 0 Å².